The van der Waals surface area contributed by atoms with Crippen LogP contribution in [0, 0.1) is 5.82 Å². The van der Waals surface area contributed by atoms with Crippen molar-refractivity contribution in [3.05, 3.63) is 77.4 Å². The lowest BCUT2D eigenvalue weighted by Crippen LogP contribution is -2.14. The molecule has 2 aromatic carbocycles. The van der Waals surface area contributed by atoms with Crippen LogP contribution < -0.4 is 10.1 Å². The van der Waals surface area contributed by atoms with Crippen LogP contribution in [0.3, 0.4) is 0 Å². The van der Waals surface area contributed by atoms with E-state index in [-0.39, 0.29) is 18.1 Å². The van der Waals surface area contributed by atoms with Crippen LogP contribution in [0.2, 0.25) is 0 Å². The number of thiophene rings is 1. The first-order valence-corrected chi connectivity index (χ1v) is 10.5. The summed E-state index contributed by atoms with van der Waals surface area (Å²) in [5, 5.41) is 5.31. The van der Waals surface area contributed by atoms with Gasteiger partial charge in [-0.2, -0.15) is 0 Å². The molecule has 0 fully saturated rings. The number of rotatable bonds is 6. The van der Waals surface area contributed by atoms with Gasteiger partial charge in [-0.1, -0.05) is 24.3 Å². The molecule has 29 heavy (non-hydrogen) atoms. The molecular formula is C22H17FN2O2S2. The molecule has 7 heteroatoms. The molecule has 0 aliphatic carbocycles. The van der Waals surface area contributed by atoms with E-state index in [9.17, 15) is 9.18 Å². The summed E-state index contributed by atoms with van der Waals surface area (Å²) < 4.78 is 18.6. The molecule has 0 aliphatic rings. The van der Waals surface area contributed by atoms with Crippen molar-refractivity contribution in [2.24, 2.45) is 0 Å². The number of ether oxygens (including phenoxy) is 1. The average Bonchev–Trinajstić information content (AvgIpc) is 3.38. The summed E-state index contributed by atoms with van der Waals surface area (Å²) >= 11 is 2.92. The van der Waals surface area contributed by atoms with Gasteiger partial charge in [-0.25, -0.2) is 9.37 Å². The minimum atomic E-state index is -0.257. The Morgan fingerprint density at radius 1 is 1.10 bits per heavy atom. The lowest BCUT2D eigenvalue weighted by molar-refractivity contribution is -0.115. The van der Waals surface area contributed by atoms with Gasteiger partial charge in [0, 0.05) is 10.3 Å². The first kappa shape index (κ1) is 19.3. The Bertz CT molecular complexity index is 1140. The van der Waals surface area contributed by atoms with Gasteiger partial charge >= 0.3 is 0 Å². The molecule has 2 aromatic heterocycles. The number of nitrogens with one attached hydrogen (secondary N) is 1. The second kappa shape index (κ2) is 8.55. The fourth-order valence-electron chi connectivity index (χ4n) is 2.81. The van der Waals surface area contributed by atoms with Crippen LogP contribution in [0.25, 0.3) is 21.0 Å². The van der Waals surface area contributed by atoms with E-state index in [2.05, 4.69) is 10.3 Å². The van der Waals surface area contributed by atoms with Crippen molar-refractivity contribution < 1.29 is 13.9 Å². The van der Waals surface area contributed by atoms with Crippen molar-refractivity contribution >= 4 is 33.7 Å². The molecule has 0 bridgehead atoms. The molecule has 4 nitrogen and oxygen atoms in total. The van der Waals surface area contributed by atoms with E-state index in [1.54, 1.807) is 13.2 Å². The van der Waals surface area contributed by atoms with Crippen LogP contribution in [-0.2, 0) is 11.2 Å². The molecule has 0 unspecified atom stereocenters. The molecule has 1 amide bonds. The number of carbonyl (C=O) groups is 1. The zero-order valence-corrected chi connectivity index (χ0v) is 17.1. The first-order chi connectivity index (χ1) is 14.1. The topological polar surface area (TPSA) is 51.2 Å². The van der Waals surface area contributed by atoms with Gasteiger partial charge in [-0.05, 0) is 47.5 Å². The van der Waals surface area contributed by atoms with Crippen LogP contribution in [0.4, 0.5) is 9.52 Å². The highest BCUT2D eigenvalue weighted by atomic mass is 32.1. The van der Waals surface area contributed by atoms with Crippen molar-refractivity contribution in [2.45, 2.75) is 6.42 Å². The van der Waals surface area contributed by atoms with Crippen molar-refractivity contribution in [3.8, 4) is 26.8 Å². The lowest BCUT2D eigenvalue weighted by Gasteiger charge is -2.03. The molecule has 2 heterocycles. The van der Waals surface area contributed by atoms with Gasteiger partial charge < -0.3 is 10.1 Å². The summed E-state index contributed by atoms with van der Waals surface area (Å²) in [6, 6.07) is 17.8. The predicted molar refractivity (Wildman–Crippen MR) is 116 cm³/mol. The Labute approximate surface area is 175 Å². The SMILES string of the molecule is COc1ccc(CC(=O)Nc2nc(-c3ccc(-c4cccc(F)c4)s3)cs2)cc1. The Kier molecular flexibility index (Phi) is 5.69. The van der Waals surface area contributed by atoms with E-state index in [0.717, 1.165) is 32.3 Å². The summed E-state index contributed by atoms with van der Waals surface area (Å²) in [6.07, 6.45) is 0.266. The maximum atomic E-state index is 13.4. The number of carbonyl (C=O) groups excluding carboxylic acids is 1. The minimum absolute atomic E-state index is 0.123. The van der Waals surface area contributed by atoms with Gasteiger partial charge in [0.05, 0.1) is 24.1 Å². The second-order valence-corrected chi connectivity index (χ2v) is 8.23. The van der Waals surface area contributed by atoms with E-state index in [4.69, 9.17) is 4.74 Å². The monoisotopic (exact) mass is 424 g/mol. The van der Waals surface area contributed by atoms with Crippen molar-refractivity contribution in [1.29, 1.82) is 0 Å². The van der Waals surface area contributed by atoms with Crippen molar-refractivity contribution in [2.75, 3.05) is 12.4 Å². The normalized spacial score (nSPS) is 10.7. The third-order valence-electron chi connectivity index (χ3n) is 4.24. The van der Waals surface area contributed by atoms with Crippen LogP contribution in [0.15, 0.2) is 66.0 Å². The number of halogens is 1. The van der Waals surface area contributed by atoms with Gasteiger partial charge in [-0.3, -0.25) is 4.79 Å². The molecule has 0 aliphatic heterocycles. The van der Waals surface area contributed by atoms with E-state index >= 15 is 0 Å². The zero-order valence-electron chi connectivity index (χ0n) is 15.5. The van der Waals surface area contributed by atoms with Gasteiger partial charge in [0.25, 0.3) is 0 Å². The predicted octanol–water partition coefficient (Wildman–Crippen LogP) is 5.87. The van der Waals surface area contributed by atoms with Crippen LogP contribution in [-0.4, -0.2) is 18.0 Å². The smallest absolute Gasteiger partial charge is 0.230 e. The molecule has 146 valence electrons. The molecule has 0 atom stereocenters. The van der Waals surface area contributed by atoms with Crippen LogP contribution >= 0.6 is 22.7 Å². The van der Waals surface area contributed by atoms with Gasteiger partial charge in [-0.15, -0.1) is 22.7 Å². The number of hydrogen-bond acceptors (Lipinski definition) is 5. The maximum absolute atomic E-state index is 13.4. The molecule has 4 aromatic rings. The molecule has 0 spiro atoms. The third-order valence-corrected chi connectivity index (χ3v) is 6.16. The van der Waals surface area contributed by atoms with Gasteiger partial charge in [0.2, 0.25) is 5.91 Å². The second-order valence-electron chi connectivity index (χ2n) is 6.29. The van der Waals surface area contributed by atoms with E-state index in [1.807, 2.05) is 47.8 Å². The third kappa shape index (κ3) is 4.70. The fraction of sp³-hybridized carbons (Fsp3) is 0.0909. The number of benzene rings is 2. The summed E-state index contributed by atoms with van der Waals surface area (Å²) in [4.78, 5) is 18.8. The highest BCUT2D eigenvalue weighted by Crippen LogP contribution is 2.35. The Balaban J connectivity index is 1.42. The van der Waals surface area contributed by atoms with Crippen LogP contribution in [0.5, 0.6) is 5.75 Å². The maximum Gasteiger partial charge on any atom is 0.230 e. The number of aromatic nitrogens is 1. The highest BCUT2D eigenvalue weighted by molar-refractivity contribution is 7.19. The van der Waals surface area contributed by atoms with Gasteiger partial charge in [0.1, 0.15) is 11.6 Å². The summed E-state index contributed by atoms with van der Waals surface area (Å²) in [6.45, 7) is 0. The number of nitrogens with zero attached hydrogens (tertiary/aromatic N) is 1. The van der Waals surface area contributed by atoms with Crippen molar-refractivity contribution in [1.82, 2.24) is 4.98 Å². The van der Waals surface area contributed by atoms with E-state index in [1.165, 1.54) is 34.8 Å². The molecule has 0 saturated heterocycles. The largest absolute Gasteiger partial charge is 0.497 e. The lowest BCUT2D eigenvalue weighted by atomic mass is 10.1. The quantitative estimate of drug-likeness (QED) is 0.421. The molecular weight excluding hydrogens is 407 g/mol. The minimum Gasteiger partial charge on any atom is -0.497 e. The van der Waals surface area contributed by atoms with Crippen molar-refractivity contribution in [3.63, 3.8) is 0 Å². The number of thiazole rings is 1. The first-order valence-electron chi connectivity index (χ1n) is 8.85. The molecule has 0 saturated carbocycles. The number of anilines is 1. The number of hydrogen-bond donors (Lipinski definition) is 1. The highest BCUT2D eigenvalue weighted by Gasteiger charge is 2.11. The standard InChI is InChI=1S/C22H17FN2O2S2/c1-27-17-7-5-14(6-8-17)11-21(26)25-22-24-18(13-28-22)20-10-9-19(29-20)15-3-2-4-16(23)12-15/h2-10,12-13H,11H2,1H3,(H,24,25,26). The summed E-state index contributed by atoms with van der Waals surface area (Å²) in [5.74, 6) is 0.378. The fourth-order valence-corrected chi connectivity index (χ4v) is 4.57. The number of methoxy groups -OCH3 is 1. The van der Waals surface area contributed by atoms with E-state index < -0.39 is 0 Å². The molecule has 0 radical (unpaired) electrons. The Hall–Kier alpha value is -3.03. The van der Waals surface area contributed by atoms with Crippen LogP contribution in [0.1, 0.15) is 5.56 Å². The molecule has 4 rings (SSSR count). The summed E-state index contributed by atoms with van der Waals surface area (Å²) in [7, 11) is 1.61. The van der Waals surface area contributed by atoms with E-state index in [0.29, 0.717) is 5.13 Å². The molecule has 1 N–H and O–H groups in total. The zero-order chi connectivity index (χ0) is 20.2. The Morgan fingerprint density at radius 3 is 2.66 bits per heavy atom. The average molecular weight is 425 g/mol. The van der Waals surface area contributed by atoms with Gasteiger partial charge in [0.15, 0.2) is 5.13 Å². The Morgan fingerprint density at radius 2 is 1.90 bits per heavy atom. The number of amides is 1. The summed E-state index contributed by atoms with van der Waals surface area (Å²) in [5.41, 5.74) is 2.53.